The van der Waals surface area contributed by atoms with Crippen molar-refractivity contribution in [2.45, 2.75) is 12.1 Å². The molecule has 2 rings (SSSR count). The molecule has 0 bridgehead atoms. The summed E-state index contributed by atoms with van der Waals surface area (Å²) in [6, 6.07) is 9.01. The molecular weight excluding hydrogens is 262 g/mol. The number of nitrogens with zero attached hydrogens (tertiary/aromatic N) is 2. The number of nitrogen functional groups attached to an aromatic ring is 1. The lowest BCUT2D eigenvalue weighted by atomic mass is 10.3. The molecule has 0 aliphatic carbocycles. The third-order valence-electron chi connectivity index (χ3n) is 2.25. The van der Waals surface area contributed by atoms with Crippen LogP contribution in [0.1, 0.15) is 6.92 Å². The smallest absolute Gasteiger partial charge is 0.225 e. The molecule has 0 unspecified atom stereocenters. The predicted molar refractivity (Wildman–Crippen MR) is 75.9 cm³/mol. The number of hydrogen-bond acceptors (Lipinski definition) is 6. The Morgan fingerprint density at radius 3 is 2.63 bits per heavy atom. The summed E-state index contributed by atoms with van der Waals surface area (Å²) in [7, 11) is 0. The van der Waals surface area contributed by atoms with Crippen LogP contribution in [0.15, 0.2) is 35.5 Å². The molecule has 2 aromatic rings. The number of para-hydroxylation sites is 2. The van der Waals surface area contributed by atoms with Gasteiger partial charge in [-0.15, -0.1) is 0 Å². The first-order chi connectivity index (χ1) is 9.22. The molecule has 0 fully saturated rings. The second kappa shape index (κ2) is 6.29. The van der Waals surface area contributed by atoms with Gasteiger partial charge in [-0.3, -0.25) is 0 Å². The first-order valence-electron chi connectivity index (χ1n) is 5.81. The van der Waals surface area contributed by atoms with Gasteiger partial charge in [-0.25, -0.2) is 4.98 Å². The third kappa shape index (κ3) is 3.51. The van der Waals surface area contributed by atoms with E-state index < -0.39 is 0 Å². The molecular formula is C13H15N3O2S. The SMILES string of the molecule is CCOc1ccccc1Oc1cc(N)nc(SC)n1. The van der Waals surface area contributed by atoms with E-state index in [-0.39, 0.29) is 0 Å². The fraction of sp³-hybridized carbons (Fsp3) is 0.231. The lowest BCUT2D eigenvalue weighted by Gasteiger charge is -2.11. The fourth-order valence-electron chi connectivity index (χ4n) is 1.49. The van der Waals surface area contributed by atoms with Gasteiger partial charge in [0.1, 0.15) is 5.82 Å². The molecule has 1 aromatic carbocycles. The Bertz CT molecular complexity index is 563. The first kappa shape index (κ1) is 13.5. The summed E-state index contributed by atoms with van der Waals surface area (Å²) >= 11 is 1.41. The van der Waals surface area contributed by atoms with Gasteiger partial charge in [0.2, 0.25) is 5.88 Å². The summed E-state index contributed by atoms with van der Waals surface area (Å²) in [5, 5.41) is 0.573. The van der Waals surface area contributed by atoms with E-state index in [1.165, 1.54) is 11.8 Å². The second-order valence-electron chi connectivity index (χ2n) is 3.60. The summed E-state index contributed by atoms with van der Waals surface area (Å²) in [4.78, 5) is 8.31. The number of benzene rings is 1. The zero-order valence-electron chi connectivity index (χ0n) is 10.8. The Morgan fingerprint density at radius 2 is 1.95 bits per heavy atom. The molecule has 5 nitrogen and oxygen atoms in total. The number of nitrogens with two attached hydrogens (primary N) is 1. The zero-order valence-corrected chi connectivity index (χ0v) is 11.6. The van der Waals surface area contributed by atoms with Crippen LogP contribution in [0.25, 0.3) is 0 Å². The molecule has 1 aromatic heterocycles. The van der Waals surface area contributed by atoms with Crippen molar-refractivity contribution in [2.24, 2.45) is 0 Å². The minimum atomic E-state index is 0.378. The maximum Gasteiger partial charge on any atom is 0.225 e. The van der Waals surface area contributed by atoms with Crippen molar-refractivity contribution in [1.82, 2.24) is 9.97 Å². The van der Waals surface area contributed by atoms with Gasteiger partial charge >= 0.3 is 0 Å². The molecule has 0 atom stereocenters. The van der Waals surface area contributed by atoms with Crippen LogP contribution >= 0.6 is 11.8 Å². The molecule has 1 heterocycles. The fourth-order valence-corrected chi connectivity index (χ4v) is 1.86. The average molecular weight is 277 g/mol. The quantitative estimate of drug-likeness (QED) is 0.669. The molecule has 2 N–H and O–H groups in total. The van der Waals surface area contributed by atoms with E-state index in [9.17, 15) is 0 Å². The molecule has 19 heavy (non-hydrogen) atoms. The van der Waals surface area contributed by atoms with Crippen molar-refractivity contribution in [2.75, 3.05) is 18.6 Å². The van der Waals surface area contributed by atoms with Crippen LogP contribution in [-0.4, -0.2) is 22.8 Å². The Hall–Kier alpha value is -1.95. The number of anilines is 1. The van der Waals surface area contributed by atoms with Gasteiger partial charge in [0.15, 0.2) is 16.7 Å². The van der Waals surface area contributed by atoms with Gasteiger partial charge in [0.05, 0.1) is 6.61 Å². The largest absolute Gasteiger partial charge is 0.490 e. The summed E-state index contributed by atoms with van der Waals surface area (Å²) in [6.07, 6.45) is 1.88. The van der Waals surface area contributed by atoms with Crippen molar-refractivity contribution < 1.29 is 9.47 Å². The molecule has 0 aliphatic rings. The van der Waals surface area contributed by atoms with Gasteiger partial charge in [0, 0.05) is 6.07 Å². The molecule has 0 saturated carbocycles. The van der Waals surface area contributed by atoms with Crippen LogP contribution < -0.4 is 15.2 Å². The number of hydrogen-bond donors (Lipinski definition) is 1. The van der Waals surface area contributed by atoms with E-state index in [1.54, 1.807) is 6.07 Å². The number of ether oxygens (including phenoxy) is 2. The van der Waals surface area contributed by atoms with Crippen molar-refractivity contribution in [1.29, 1.82) is 0 Å². The normalized spacial score (nSPS) is 10.2. The maximum absolute atomic E-state index is 5.72. The molecule has 0 spiro atoms. The number of thioether (sulfide) groups is 1. The molecule has 0 radical (unpaired) electrons. The molecule has 0 saturated heterocycles. The third-order valence-corrected chi connectivity index (χ3v) is 2.80. The lowest BCUT2D eigenvalue weighted by Crippen LogP contribution is -1.99. The van der Waals surface area contributed by atoms with Crippen LogP contribution in [0.3, 0.4) is 0 Å². The van der Waals surface area contributed by atoms with Gasteiger partial charge < -0.3 is 15.2 Å². The van der Waals surface area contributed by atoms with E-state index in [1.807, 2.05) is 37.4 Å². The van der Waals surface area contributed by atoms with Crippen molar-refractivity contribution in [3.63, 3.8) is 0 Å². The topological polar surface area (TPSA) is 70.3 Å². The molecule has 0 amide bonds. The van der Waals surface area contributed by atoms with Crippen LogP contribution in [0.4, 0.5) is 5.82 Å². The number of rotatable bonds is 5. The molecule has 6 heteroatoms. The van der Waals surface area contributed by atoms with Crippen molar-refractivity contribution in [3.8, 4) is 17.4 Å². The molecule has 0 aliphatic heterocycles. The van der Waals surface area contributed by atoms with E-state index >= 15 is 0 Å². The monoisotopic (exact) mass is 277 g/mol. The summed E-state index contributed by atoms with van der Waals surface area (Å²) < 4.78 is 11.2. The van der Waals surface area contributed by atoms with Crippen LogP contribution in [0, 0.1) is 0 Å². The average Bonchev–Trinajstić information content (AvgIpc) is 2.40. The Balaban J connectivity index is 2.28. The van der Waals surface area contributed by atoms with Crippen molar-refractivity contribution >= 4 is 17.6 Å². The Morgan fingerprint density at radius 1 is 1.21 bits per heavy atom. The van der Waals surface area contributed by atoms with Crippen LogP contribution in [-0.2, 0) is 0 Å². The van der Waals surface area contributed by atoms with E-state index in [2.05, 4.69) is 9.97 Å². The lowest BCUT2D eigenvalue weighted by molar-refractivity contribution is 0.319. The Kier molecular flexibility index (Phi) is 4.46. The summed E-state index contributed by atoms with van der Waals surface area (Å²) in [6.45, 7) is 2.49. The van der Waals surface area contributed by atoms with E-state index in [0.717, 1.165) is 0 Å². The molecule has 100 valence electrons. The highest BCUT2D eigenvalue weighted by molar-refractivity contribution is 7.98. The highest BCUT2D eigenvalue weighted by Gasteiger charge is 2.08. The standard InChI is InChI=1S/C13H15N3O2S/c1-3-17-9-6-4-5-7-10(9)18-12-8-11(14)15-13(16-12)19-2/h4-8H,3H2,1-2H3,(H2,14,15,16). The van der Waals surface area contributed by atoms with Gasteiger partial charge in [0.25, 0.3) is 0 Å². The van der Waals surface area contributed by atoms with Gasteiger partial charge in [-0.2, -0.15) is 4.98 Å². The predicted octanol–water partition coefficient (Wildman–Crippen LogP) is 2.97. The second-order valence-corrected chi connectivity index (χ2v) is 4.37. The minimum Gasteiger partial charge on any atom is -0.490 e. The highest BCUT2D eigenvalue weighted by Crippen LogP contribution is 2.31. The van der Waals surface area contributed by atoms with E-state index in [4.69, 9.17) is 15.2 Å². The number of aromatic nitrogens is 2. The zero-order chi connectivity index (χ0) is 13.7. The van der Waals surface area contributed by atoms with E-state index in [0.29, 0.717) is 35.0 Å². The Labute approximate surface area is 116 Å². The van der Waals surface area contributed by atoms with Crippen LogP contribution in [0.5, 0.6) is 17.4 Å². The summed E-state index contributed by atoms with van der Waals surface area (Å²) in [5.74, 6) is 2.06. The van der Waals surface area contributed by atoms with Gasteiger partial charge in [-0.05, 0) is 25.3 Å². The minimum absolute atomic E-state index is 0.378. The highest BCUT2D eigenvalue weighted by atomic mass is 32.2. The van der Waals surface area contributed by atoms with Crippen molar-refractivity contribution in [3.05, 3.63) is 30.3 Å². The van der Waals surface area contributed by atoms with Crippen LogP contribution in [0.2, 0.25) is 0 Å². The first-order valence-corrected chi connectivity index (χ1v) is 7.03. The van der Waals surface area contributed by atoms with Gasteiger partial charge in [-0.1, -0.05) is 23.9 Å². The summed E-state index contributed by atoms with van der Waals surface area (Å²) in [5.41, 5.74) is 5.71. The maximum atomic E-state index is 5.72.